The Balaban J connectivity index is 1.99. The van der Waals surface area contributed by atoms with E-state index in [0.717, 1.165) is 18.5 Å². The first-order valence-electron chi connectivity index (χ1n) is 6.13. The Morgan fingerprint density at radius 1 is 1.50 bits per heavy atom. The maximum Gasteiger partial charge on any atom is 0.0525 e. The number of hydrogen-bond acceptors (Lipinski definition) is 3. The van der Waals surface area contributed by atoms with Gasteiger partial charge in [0.25, 0.3) is 0 Å². The van der Waals surface area contributed by atoms with Crippen molar-refractivity contribution >= 4 is 28.6 Å². The van der Waals surface area contributed by atoms with Crippen molar-refractivity contribution in [2.24, 2.45) is 0 Å². The fourth-order valence-electron chi connectivity index (χ4n) is 2.64. The number of fused-ring (bicyclic) bond motifs is 1. The van der Waals surface area contributed by atoms with Crippen molar-refractivity contribution in [1.82, 2.24) is 4.98 Å². The van der Waals surface area contributed by atoms with Crippen molar-refractivity contribution < 1.29 is 0 Å². The van der Waals surface area contributed by atoms with E-state index in [-0.39, 0.29) is 0 Å². The first-order chi connectivity index (χ1) is 8.81. The SMILES string of the molecule is CC1c2ccsc2CCN1c1ccncc1CCl. The van der Waals surface area contributed by atoms with E-state index in [1.54, 1.807) is 0 Å². The molecule has 1 aliphatic rings. The van der Waals surface area contributed by atoms with E-state index >= 15 is 0 Å². The average Bonchev–Trinajstić information content (AvgIpc) is 2.88. The third kappa shape index (κ3) is 1.91. The van der Waals surface area contributed by atoms with E-state index in [0.29, 0.717) is 11.9 Å². The predicted molar refractivity (Wildman–Crippen MR) is 77.6 cm³/mol. The summed E-state index contributed by atoms with van der Waals surface area (Å²) in [6.45, 7) is 3.33. The normalized spacial score (nSPS) is 18.8. The lowest BCUT2D eigenvalue weighted by atomic mass is 10.00. The van der Waals surface area contributed by atoms with Crippen LogP contribution in [-0.2, 0) is 12.3 Å². The monoisotopic (exact) mass is 278 g/mol. The maximum atomic E-state index is 6.01. The van der Waals surface area contributed by atoms with Crippen LogP contribution in [0.2, 0.25) is 0 Å². The summed E-state index contributed by atoms with van der Waals surface area (Å²) in [7, 11) is 0. The number of halogens is 1. The number of pyridine rings is 1. The molecule has 3 heterocycles. The first-order valence-corrected chi connectivity index (χ1v) is 7.54. The van der Waals surface area contributed by atoms with Crippen molar-refractivity contribution in [3.63, 3.8) is 0 Å². The second kappa shape index (κ2) is 4.90. The molecule has 0 radical (unpaired) electrons. The third-order valence-electron chi connectivity index (χ3n) is 3.61. The highest BCUT2D eigenvalue weighted by Crippen LogP contribution is 2.37. The molecule has 0 saturated heterocycles. The van der Waals surface area contributed by atoms with Crippen molar-refractivity contribution in [3.05, 3.63) is 45.9 Å². The van der Waals surface area contributed by atoms with Gasteiger partial charge in [-0.15, -0.1) is 22.9 Å². The van der Waals surface area contributed by atoms with Crippen LogP contribution in [0.25, 0.3) is 0 Å². The molecule has 0 fully saturated rings. The smallest absolute Gasteiger partial charge is 0.0525 e. The number of aromatic nitrogens is 1. The predicted octanol–water partition coefficient (Wildman–Crippen LogP) is 4.01. The van der Waals surface area contributed by atoms with E-state index in [1.807, 2.05) is 23.7 Å². The molecule has 0 N–H and O–H groups in total. The second-order valence-electron chi connectivity index (χ2n) is 4.56. The lowest BCUT2D eigenvalue weighted by Crippen LogP contribution is -2.33. The number of nitrogens with zero attached hydrogens (tertiary/aromatic N) is 2. The third-order valence-corrected chi connectivity index (χ3v) is 4.89. The minimum atomic E-state index is 0.421. The van der Waals surface area contributed by atoms with Crippen LogP contribution in [-0.4, -0.2) is 11.5 Å². The van der Waals surface area contributed by atoms with Gasteiger partial charge in [-0.25, -0.2) is 0 Å². The highest BCUT2D eigenvalue weighted by molar-refractivity contribution is 7.10. The number of thiophene rings is 1. The van der Waals surface area contributed by atoms with Crippen LogP contribution in [0.15, 0.2) is 29.9 Å². The Kier molecular flexibility index (Phi) is 3.27. The quantitative estimate of drug-likeness (QED) is 0.772. The van der Waals surface area contributed by atoms with Crippen molar-refractivity contribution in [3.8, 4) is 0 Å². The van der Waals surface area contributed by atoms with Gasteiger partial charge in [-0.3, -0.25) is 4.98 Å². The molecule has 0 bridgehead atoms. The van der Waals surface area contributed by atoms with Crippen molar-refractivity contribution in [2.75, 3.05) is 11.4 Å². The molecule has 18 heavy (non-hydrogen) atoms. The van der Waals surface area contributed by atoms with Gasteiger partial charge in [0.1, 0.15) is 0 Å². The standard InChI is InChI=1S/C14H15ClN2S/c1-10-12-4-7-18-14(12)3-6-17(10)13-2-5-16-9-11(13)8-15/h2,4-5,7,9-10H,3,6,8H2,1H3. The van der Waals surface area contributed by atoms with Crippen LogP contribution in [0.5, 0.6) is 0 Å². The fourth-order valence-corrected chi connectivity index (χ4v) is 3.81. The molecule has 1 unspecified atom stereocenters. The highest BCUT2D eigenvalue weighted by atomic mass is 35.5. The van der Waals surface area contributed by atoms with Gasteiger partial charge in [-0.1, -0.05) is 0 Å². The van der Waals surface area contributed by atoms with Gasteiger partial charge >= 0.3 is 0 Å². The van der Waals surface area contributed by atoms with E-state index in [9.17, 15) is 0 Å². The molecule has 4 heteroatoms. The molecule has 2 aromatic heterocycles. The Morgan fingerprint density at radius 2 is 2.39 bits per heavy atom. The summed E-state index contributed by atoms with van der Waals surface area (Å²) in [5.74, 6) is 0.517. The highest BCUT2D eigenvalue weighted by Gasteiger charge is 2.25. The maximum absolute atomic E-state index is 6.01. The van der Waals surface area contributed by atoms with Gasteiger partial charge in [0, 0.05) is 35.1 Å². The van der Waals surface area contributed by atoms with Crippen LogP contribution in [0.1, 0.15) is 29.0 Å². The fraction of sp³-hybridized carbons (Fsp3) is 0.357. The van der Waals surface area contributed by atoms with E-state index in [2.05, 4.69) is 34.3 Å². The van der Waals surface area contributed by atoms with Crippen molar-refractivity contribution in [2.45, 2.75) is 25.3 Å². The molecular weight excluding hydrogens is 264 g/mol. The summed E-state index contributed by atoms with van der Waals surface area (Å²) in [6, 6.07) is 4.74. The Labute approximate surface area is 116 Å². The number of hydrogen-bond donors (Lipinski definition) is 0. The molecular formula is C14H15ClN2S. The molecule has 94 valence electrons. The Bertz CT molecular complexity index is 552. The lowest BCUT2D eigenvalue weighted by molar-refractivity contribution is 0.630. The zero-order chi connectivity index (χ0) is 12.5. The van der Waals surface area contributed by atoms with Gasteiger partial charge in [0.05, 0.1) is 11.9 Å². The summed E-state index contributed by atoms with van der Waals surface area (Å²) >= 11 is 7.88. The van der Waals surface area contributed by atoms with Crippen LogP contribution in [0, 0.1) is 0 Å². The molecule has 0 aliphatic carbocycles. The molecule has 1 aliphatic heterocycles. The molecule has 3 rings (SSSR count). The summed E-state index contributed by atoms with van der Waals surface area (Å²) < 4.78 is 0. The van der Waals surface area contributed by atoms with Crippen LogP contribution in [0.4, 0.5) is 5.69 Å². The molecule has 2 nitrogen and oxygen atoms in total. The van der Waals surface area contributed by atoms with E-state index in [1.165, 1.54) is 16.1 Å². The minimum Gasteiger partial charge on any atom is -0.364 e. The minimum absolute atomic E-state index is 0.421. The number of alkyl halides is 1. The lowest BCUT2D eigenvalue weighted by Gasteiger charge is -2.36. The molecule has 1 atom stereocenters. The van der Waals surface area contributed by atoms with Gasteiger partial charge in [-0.2, -0.15) is 0 Å². The second-order valence-corrected chi connectivity index (χ2v) is 5.82. The number of rotatable bonds is 2. The largest absolute Gasteiger partial charge is 0.364 e. The molecule has 0 saturated carbocycles. The van der Waals surface area contributed by atoms with Crippen molar-refractivity contribution in [1.29, 1.82) is 0 Å². The summed E-state index contributed by atoms with van der Waals surface area (Å²) in [5, 5.41) is 2.19. The Morgan fingerprint density at radius 3 is 3.22 bits per heavy atom. The average molecular weight is 279 g/mol. The van der Waals surface area contributed by atoms with Gasteiger partial charge in [0.2, 0.25) is 0 Å². The molecule has 2 aromatic rings. The van der Waals surface area contributed by atoms with E-state index in [4.69, 9.17) is 11.6 Å². The van der Waals surface area contributed by atoms with Gasteiger partial charge in [-0.05, 0) is 36.4 Å². The molecule has 0 spiro atoms. The van der Waals surface area contributed by atoms with Gasteiger partial charge in [0.15, 0.2) is 0 Å². The van der Waals surface area contributed by atoms with Gasteiger partial charge < -0.3 is 4.90 Å². The van der Waals surface area contributed by atoms with Crippen LogP contribution >= 0.6 is 22.9 Å². The number of anilines is 1. The van der Waals surface area contributed by atoms with Crippen LogP contribution in [0.3, 0.4) is 0 Å². The Hall–Kier alpha value is -1.06. The van der Waals surface area contributed by atoms with Crippen LogP contribution < -0.4 is 4.90 Å². The summed E-state index contributed by atoms with van der Waals surface area (Å²) in [6.07, 6.45) is 4.85. The molecule has 0 amide bonds. The molecule has 0 aromatic carbocycles. The summed E-state index contributed by atoms with van der Waals surface area (Å²) in [4.78, 5) is 8.13. The topological polar surface area (TPSA) is 16.1 Å². The zero-order valence-corrected chi connectivity index (χ0v) is 11.8. The van der Waals surface area contributed by atoms with E-state index < -0.39 is 0 Å². The summed E-state index contributed by atoms with van der Waals surface area (Å²) in [5.41, 5.74) is 3.80. The first kappa shape index (κ1) is 12.0. The zero-order valence-electron chi connectivity index (χ0n) is 10.3.